The van der Waals surface area contributed by atoms with E-state index in [0.29, 0.717) is 17.6 Å². The van der Waals surface area contributed by atoms with Gasteiger partial charge in [-0.25, -0.2) is 9.50 Å². The van der Waals surface area contributed by atoms with Gasteiger partial charge >= 0.3 is 0 Å². The molecule has 2 aromatic heterocycles. The SMILES string of the molecule is O=C(NCC(O)COC1CCCCC1)c1cnn2cc(CCO)cnc12. The van der Waals surface area contributed by atoms with Crippen LogP contribution in [-0.2, 0) is 11.2 Å². The molecule has 0 radical (unpaired) electrons. The monoisotopic (exact) mass is 362 g/mol. The molecule has 2 aromatic rings. The average Bonchev–Trinajstić information content (AvgIpc) is 3.09. The van der Waals surface area contributed by atoms with Crippen LogP contribution in [0.2, 0.25) is 0 Å². The summed E-state index contributed by atoms with van der Waals surface area (Å²) >= 11 is 0. The van der Waals surface area contributed by atoms with E-state index in [1.54, 1.807) is 12.4 Å². The molecule has 8 nitrogen and oxygen atoms in total. The molecular weight excluding hydrogens is 336 g/mol. The molecule has 1 unspecified atom stereocenters. The lowest BCUT2D eigenvalue weighted by molar-refractivity contribution is -0.0225. The van der Waals surface area contributed by atoms with Crippen LogP contribution in [0.25, 0.3) is 5.65 Å². The van der Waals surface area contributed by atoms with Crippen molar-refractivity contribution in [2.45, 2.75) is 50.7 Å². The predicted molar refractivity (Wildman–Crippen MR) is 94.9 cm³/mol. The lowest BCUT2D eigenvalue weighted by Crippen LogP contribution is -2.35. The molecule has 26 heavy (non-hydrogen) atoms. The summed E-state index contributed by atoms with van der Waals surface area (Å²) in [6.45, 7) is 0.372. The largest absolute Gasteiger partial charge is 0.396 e. The van der Waals surface area contributed by atoms with Gasteiger partial charge in [0.2, 0.25) is 0 Å². The fourth-order valence-electron chi connectivity index (χ4n) is 3.18. The number of hydrogen-bond acceptors (Lipinski definition) is 6. The highest BCUT2D eigenvalue weighted by Crippen LogP contribution is 2.20. The number of amides is 1. The summed E-state index contributed by atoms with van der Waals surface area (Å²) in [5, 5.41) is 25.8. The Balaban J connectivity index is 1.50. The first-order valence-electron chi connectivity index (χ1n) is 9.18. The van der Waals surface area contributed by atoms with Gasteiger partial charge in [-0.1, -0.05) is 19.3 Å². The highest BCUT2D eigenvalue weighted by Gasteiger charge is 2.18. The fraction of sp³-hybridized carbons (Fsp3) is 0.611. The van der Waals surface area contributed by atoms with Gasteiger partial charge in [0.05, 0.1) is 25.0 Å². The highest BCUT2D eigenvalue weighted by molar-refractivity contribution is 5.99. The van der Waals surface area contributed by atoms with Gasteiger partial charge in [0, 0.05) is 25.5 Å². The van der Waals surface area contributed by atoms with Crippen molar-refractivity contribution < 1.29 is 19.7 Å². The first-order valence-corrected chi connectivity index (χ1v) is 9.18. The van der Waals surface area contributed by atoms with E-state index in [1.807, 2.05) is 0 Å². The molecule has 1 saturated carbocycles. The van der Waals surface area contributed by atoms with Crippen LogP contribution in [0, 0.1) is 0 Å². The average molecular weight is 362 g/mol. The molecule has 1 atom stereocenters. The molecule has 1 amide bonds. The van der Waals surface area contributed by atoms with Crippen molar-refractivity contribution in [1.29, 1.82) is 0 Å². The summed E-state index contributed by atoms with van der Waals surface area (Å²) in [5.41, 5.74) is 1.63. The molecule has 0 aliphatic heterocycles. The zero-order chi connectivity index (χ0) is 18.4. The van der Waals surface area contributed by atoms with Crippen molar-refractivity contribution >= 4 is 11.6 Å². The number of rotatable bonds is 8. The van der Waals surface area contributed by atoms with Gasteiger partial charge in [0.1, 0.15) is 5.56 Å². The molecule has 2 heterocycles. The fourth-order valence-corrected chi connectivity index (χ4v) is 3.18. The van der Waals surface area contributed by atoms with E-state index in [9.17, 15) is 9.90 Å². The second-order valence-electron chi connectivity index (χ2n) is 6.72. The molecule has 0 bridgehead atoms. The summed E-state index contributed by atoms with van der Waals surface area (Å²) in [6.07, 6.45) is 10.5. The Labute approximate surface area is 152 Å². The maximum atomic E-state index is 12.3. The Morgan fingerprint density at radius 2 is 2.15 bits per heavy atom. The third-order valence-corrected chi connectivity index (χ3v) is 4.63. The van der Waals surface area contributed by atoms with E-state index < -0.39 is 6.10 Å². The van der Waals surface area contributed by atoms with Crippen LogP contribution in [0.15, 0.2) is 18.6 Å². The first kappa shape index (κ1) is 18.8. The predicted octanol–water partition coefficient (Wildman–Crippen LogP) is 0.704. The number of nitrogens with one attached hydrogen (secondary N) is 1. The molecular formula is C18H26N4O4. The number of hydrogen-bond donors (Lipinski definition) is 3. The number of aromatic nitrogens is 3. The minimum atomic E-state index is -0.744. The van der Waals surface area contributed by atoms with Gasteiger partial charge in [-0.15, -0.1) is 0 Å². The minimum Gasteiger partial charge on any atom is -0.396 e. The van der Waals surface area contributed by atoms with E-state index >= 15 is 0 Å². The van der Waals surface area contributed by atoms with E-state index in [2.05, 4.69) is 15.4 Å². The molecule has 0 spiro atoms. The topological polar surface area (TPSA) is 109 Å². The van der Waals surface area contributed by atoms with Crippen molar-refractivity contribution in [2.24, 2.45) is 0 Å². The number of fused-ring (bicyclic) bond motifs is 1. The van der Waals surface area contributed by atoms with Crippen LogP contribution < -0.4 is 5.32 Å². The second kappa shape index (κ2) is 9.07. The van der Waals surface area contributed by atoms with Crippen LogP contribution >= 0.6 is 0 Å². The maximum Gasteiger partial charge on any atom is 0.256 e. The first-order chi connectivity index (χ1) is 12.7. The van der Waals surface area contributed by atoms with Crippen LogP contribution in [0.1, 0.15) is 48.0 Å². The number of nitrogens with zero attached hydrogens (tertiary/aromatic N) is 3. The number of aliphatic hydroxyl groups is 2. The molecule has 8 heteroatoms. The summed E-state index contributed by atoms with van der Waals surface area (Å²) in [7, 11) is 0. The zero-order valence-electron chi connectivity index (χ0n) is 14.8. The summed E-state index contributed by atoms with van der Waals surface area (Å²) in [6, 6.07) is 0. The molecule has 0 saturated heterocycles. The van der Waals surface area contributed by atoms with Gasteiger partial charge in [0.15, 0.2) is 5.65 Å². The Morgan fingerprint density at radius 3 is 2.92 bits per heavy atom. The van der Waals surface area contributed by atoms with Gasteiger partial charge in [0.25, 0.3) is 5.91 Å². The van der Waals surface area contributed by atoms with Crippen molar-refractivity contribution in [1.82, 2.24) is 19.9 Å². The molecule has 1 fully saturated rings. The molecule has 1 aliphatic carbocycles. The molecule has 3 rings (SSSR count). The Kier molecular flexibility index (Phi) is 6.54. The summed E-state index contributed by atoms with van der Waals surface area (Å²) < 4.78 is 7.24. The molecule has 3 N–H and O–H groups in total. The molecule has 1 aliphatic rings. The number of carbonyl (C=O) groups is 1. The quantitative estimate of drug-likeness (QED) is 0.638. The van der Waals surface area contributed by atoms with Crippen LogP contribution in [0.4, 0.5) is 0 Å². The lowest BCUT2D eigenvalue weighted by Gasteiger charge is -2.23. The smallest absolute Gasteiger partial charge is 0.256 e. The Bertz CT molecular complexity index is 727. The number of carbonyl (C=O) groups excluding carboxylic acids is 1. The summed E-state index contributed by atoms with van der Waals surface area (Å²) in [4.78, 5) is 16.6. The van der Waals surface area contributed by atoms with Crippen molar-refractivity contribution in [3.63, 3.8) is 0 Å². The zero-order valence-corrected chi connectivity index (χ0v) is 14.8. The molecule has 0 aromatic carbocycles. The molecule has 142 valence electrons. The van der Waals surface area contributed by atoms with Crippen LogP contribution in [0.3, 0.4) is 0 Å². The third-order valence-electron chi connectivity index (χ3n) is 4.63. The van der Waals surface area contributed by atoms with Crippen LogP contribution in [-0.4, -0.2) is 62.7 Å². The minimum absolute atomic E-state index is 0.0304. The van der Waals surface area contributed by atoms with Gasteiger partial charge in [-0.3, -0.25) is 4.79 Å². The van der Waals surface area contributed by atoms with E-state index in [4.69, 9.17) is 9.84 Å². The maximum absolute atomic E-state index is 12.3. The van der Waals surface area contributed by atoms with Gasteiger partial charge < -0.3 is 20.3 Å². The second-order valence-corrected chi connectivity index (χ2v) is 6.72. The standard InChI is InChI=1S/C18H26N4O4/c23-7-6-13-8-19-17-16(10-21-22(17)11-13)18(25)20-9-14(24)12-26-15-4-2-1-3-5-15/h8,10-11,14-15,23-24H,1-7,9,12H2,(H,20,25). The van der Waals surface area contributed by atoms with Gasteiger partial charge in [-0.2, -0.15) is 5.10 Å². The highest BCUT2D eigenvalue weighted by atomic mass is 16.5. The summed E-state index contributed by atoms with van der Waals surface area (Å²) in [5.74, 6) is -0.334. The number of aliphatic hydroxyl groups excluding tert-OH is 2. The van der Waals surface area contributed by atoms with E-state index in [0.717, 1.165) is 18.4 Å². The number of ether oxygens (including phenoxy) is 1. The van der Waals surface area contributed by atoms with Gasteiger partial charge in [-0.05, 0) is 24.8 Å². The van der Waals surface area contributed by atoms with E-state index in [1.165, 1.54) is 30.0 Å². The Hall–Kier alpha value is -2.03. The lowest BCUT2D eigenvalue weighted by atomic mass is 9.98. The van der Waals surface area contributed by atoms with Crippen molar-refractivity contribution in [3.8, 4) is 0 Å². The third kappa shape index (κ3) is 4.78. The van der Waals surface area contributed by atoms with E-state index in [-0.39, 0.29) is 31.8 Å². The van der Waals surface area contributed by atoms with Crippen molar-refractivity contribution in [3.05, 3.63) is 29.7 Å². The van der Waals surface area contributed by atoms with Crippen molar-refractivity contribution in [2.75, 3.05) is 19.8 Å². The normalized spacial score (nSPS) is 16.7. The van der Waals surface area contributed by atoms with Crippen LogP contribution in [0.5, 0.6) is 0 Å². The Morgan fingerprint density at radius 1 is 1.35 bits per heavy atom.